The normalized spacial score (nSPS) is 28.3. The summed E-state index contributed by atoms with van der Waals surface area (Å²) in [6, 6.07) is 9.23. The van der Waals surface area contributed by atoms with Crippen LogP contribution in [0.5, 0.6) is 0 Å². The lowest BCUT2D eigenvalue weighted by molar-refractivity contribution is 0.253. The zero-order valence-electron chi connectivity index (χ0n) is 11.9. The van der Waals surface area contributed by atoms with Gasteiger partial charge in [-0.15, -0.1) is 0 Å². The lowest BCUT2D eigenvalue weighted by Crippen LogP contribution is -2.28. The summed E-state index contributed by atoms with van der Waals surface area (Å²) in [6.07, 6.45) is 6.40. The summed E-state index contributed by atoms with van der Waals surface area (Å²) < 4.78 is 0. The quantitative estimate of drug-likeness (QED) is 0.848. The molecule has 2 N–H and O–H groups in total. The van der Waals surface area contributed by atoms with E-state index in [4.69, 9.17) is 5.73 Å². The van der Waals surface area contributed by atoms with Crippen LogP contribution in [0.1, 0.15) is 56.6 Å². The highest BCUT2D eigenvalue weighted by Gasteiger charge is 2.28. The third-order valence-corrected chi connectivity index (χ3v) is 4.48. The Kier molecular flexibility index (Phi) is 4.82. The minimum absolute atomic E-state index is 0.690. The van der Waals surface area contributed by atoms with Crippen molar-refractivity contribution in [2.45, 2.75) is 51.9 Å². The molecule has 0 bridgehead atoms. The Bertz CT molecular complexity index is 372. The Morgan fingerprint density at radius 2 is 2.11 bits per heavy atom. The smallest absolute Gasteiger partial charge is 0.00430 e. The zero-order chi connectivity index (χ0) is 13.0. The molecule has 1 heteroatoms. The van der Waals surface area contributed by atoms with Crippen LogP contribution in [0.3, 0.4) is 0 Å². The van der Waals surface area contributed by atoms with E-state index in [-0.39, 0.29) is 0 Å². The van der Waals surface area contributed by atoms with E-state index in [1.54, 1.807) is 0 Å². The van der Waals surface area contributed by atoms with Crippen molar-refractivity contribution in [2.75, 3.05) is 6.54 Å². The summed E-state index contributed by atoms with van der Waals surface area (Å²) in [7, 11) is 0. The molecule has 0 aromatic heterocycles. The van der Waals surface area contributed by atoms with Crippen LogP contribution in [0.2, 0.25) is 0 Å². The Balaban J connectivity index is 2.19. The molecule has 1 aromatic carbocycles. The van der Waals surface area contributed by atoms with Gasteiger partial charge in [0.05, 0.1) is 0 Å². The van der Waals surface area contributed by atoms with Crippen molar-refractivity contribution in [3.63, 3.8) is 0 Å². The number of nitrogens with two attached hydrogens (primary N) is 1. The van der Waals surface area contributed by atoms with Gasteiger partial charge in [0.15, 0.2) is 0 Å². The van der Waals surface area contributed by atoms with Gasteiger partial charge in [0, 0.05) is 0 Å². The summed E-state index contributed by atoms with van der Waals surface area (Å²) in [4.78, 5) is 0. The van der Waals surface area contributed by atoms with E-state index in [0.717, 1.165) is 12.5 Å². The minimum Gasteiger partial charge on any atom is -0.330 e. The van der Waals surface area contributed by atoms with Gasteiger partial charge in [-0.25, -0.2) is 0 Å². The first-order chi connectivity index (χ1) is 8.74. The van der Waals surface area contributed by atoms with Gasteiger partial charge >= 0.3 is 0 Å². The second-order valence-corrected chi connectivity index (χ2v) is 6.02. The lowest BCUT2D eigenvalue weighted by Gasteiger charge is -2.34. The van der Waals surface area contributed by atoms with Crippen LogP contribution >= 0.6 is 0 Å². The fourth-order valence-electron chi connectivity index (χ4n) is 3.40. The van der Waals surface area contributed by atoms with E-state index < -0.39 is 0 Å². The fraction of sp³-hybridized carbons (Fsp3) is 0.647. The Morgan fingerprint density at radius 1 is 1.28 bits per heavy atom. The fourth-order valence-corrected chi connectivity index (χ4v) is 3.40. The van der Waals surface area contributed by atoms with Gasteiger partial charge in [0.2, 0.25) is 0 Å². The molecule has 0 spiro atoms. The number of benzene rings is 1. The number of hydrogen-bond donors (Lipinski definition) is 1. The molecule has 1 nitrogen and oxygen atoms in total. The zero-order valence-corrected chi connectivity index (χ0v) is 11.9. The Morgan fingerprint density at radius 3 is 2.83 bits per heavy atom. The van der Waals surface area contributed by atoms with Crippen LogP contribution < -0.4 is 5.73 Å². The van der Waals surface area contributed by atoms with Crippen LogP contribution in [-0.2, 0) is 6.42 Å². The predicted molar refractivity (Wildman–Crippen MR) is 78.7 cm³/mol. The molecular formula is C17H27N. The van der Waals surface area contributed by atoms with Gasteiger partial charge in [-0.1, -0.05) is 51.0 Å². The molecule has 1 saturated carbocycles. The number of rotatable bonds is 4. The molecule has 1 aliphatic carbocycles. The van der Waals surface area contributed by atoms with E-state index in [0.29, 0.717) is 11.8 Å². The number of hydrogen-bond acceptors (Lipinski definition) is 1. The van der Waals surface area contributed by atoms with Gasteiger partial charge in [-0.05, 0) is 54.7 Å². The standard InChI is InChI=1S/C17H27N/c1-3-5-14-6-4-7-15(11-14)17-10-13(2)8-9-16(17)12-18/h4,6-7,11,13,16-17H,3,5,8-10,12,18H2,1-2H3. The maximum absolute atomic E-state index is 5.97. The van der Waals surface area contributed by atoms with Crippen molar-refractivity contribution in [3.8, 4) is 0 Å². The van der Waals surface area contributed by atoms with Crippen LogP contribution in [0.15, 0.2) is 24.3 Å². The highest BCUT2D eigenvalue weighted by atomic mass is 14.6. The van der Waals surface area contributed by atoms with Crippen molar-refractivity contribution >= 4 is 0 Å². The maximum atomic E-state index is 5.97. The van der Waals surface area contributed by atoms with E-state index in [1.807, 2.05) is 0 Å². The van der Waals surface area contributed by atoms with Gasteiger partial charge in [-0.3, -0.25) is 0 Å². The summed E-state index contributed by atoms with van der Waals surface area (Å²) in [6.45, 7) is 5.48. The molecule has 18 heavy (non-hydrogen) atoms. The predicted octanol–water partition coefficient (Wildman–Crippen LogP) is 4.12. The molecule has 3 atom stereocenters. The molecule has 2 rings (SSSR count). The largest absolute Gasteiger partial charge is 0.330 e. The highest BCUT2D eigenvalue weighted by molar-refractivity contribution is 5.27. The van der Waals surface area contributed by atoms with Crippen molar-refractivity contribution in [1.29, 1.82) is 0 Å². The van der Waals surface area contributed by atoms with Gasteiger partial charge in [-0.2, -0.15) is 0 Å². The summed E-state index contributed by atoms with van der Waals surface area (Å²) >= 11 is 0. The van der Waals surface area contributed by atoms with E-state index >= 15 is 0 Å². The van der Waals surface area contributed by atoms with Gasteiger partial charge < -0.3 is 5.73 Å². The molecule has 0 aliphatic heterocycles. The van der Waals surface area contributed by atoms with Gasteiger partial charge in [0.25, 0.3) is 0 Å². The molecule has 0 heterocycles. The monoisotopic (exact) mass is 245 g/mol. The first kappa shape index (κ1) is 13.6. The third-order valence-electron chi connectivity index (χ3n) is 4.48. The average Bonchev–Trinajstić information content (AvgIpc) is 2.39. The molecule has 3 unspecified atom stereocenters. The first-order valence-corrected chi connectivity index (χ1v) is 7.53. The van der Waals surface area contributed by atoms with Crippen molar-refractivity contribution in [3.05, 3.63) is 35.4 Å². The number of aryl methyl sites for hydroxylation is 1. The third kappa shape index (κ3) is 3.14. The average molecular weight is 245 g/mol. The molecule has 0 amide bonds. The Labute approximate surface area is 112 Å². The van der Waals surface area contributed by atoms with Crippen LogP contribution in [0.4, 0.5) is 0 Å². The van der Waals surface area contributed by atoms with Gasteiger partial charge in [0.1, 0.15) is 0 Å². The SMILES string of the molecule is CCCc1cccc(C2CC(C)CCC2CN)c1. The second-order valence-electron chi connectivity index (χ2n) is 6.02. The molecule has 0 saturated heterocycles. The molecule has 0 radical (unpaired) electrons. The summed E-state index contributed by atoms with van der Waals surface area (Å²) in [5.41, 5.74) is 8.99. The second kappa shape index (κ2) is 6.38. The Hall–Kier alpha value is -0.820. The summed E-state index contributed by atoms with van der Waals surface area (Å²) in [5.74, 6) is 2.24. The molecule has 1 aromatic rings. The summed E-state index contributed by atoms with van der Waals surface area (Å²) in [5, 5.41) is 0. The van der Waals surface area contributed by atoms with Crippen LogP contribution in [-0.4, -0.2) is 6.54 Å². The molecule has 1 fully saturated rings. The minimum atomic E-state index is 0.690. The maximum Gasteiger partial charge on any atom is -0.00430 e. The van der Waals surface area contributed by atoms with Crippen LogP contribution in [0.25, 0.3) is 0 Å². The van der Waals surface area contributed by atoms with Crippen molar-refractivity contribution < 1.29 is 0 Å². The topological polar surface area (TPSA) is 26.0 Å². The molecular weight excluding hydrogens is 218 g/mol. The van der Waals surface area contributed by atoms with Crippen LogP contribution in [0, 0.1) is 11.8 Å². The first-order valence-electron chi connectivity index (χ1n) is 7.53. The van der Waals surface area contributed by atoms with E-state index in [9.17, 15) is 0 Å². The van der Waals surface area contributed by atoms with Crippen molar-refractivity contribution in [2.24, 2.45) is 17.6 Å². The van der Waals surface area contributed by atoms with Crippen molar-refractivity contribution in [1.82, 2.24) is 0 Å². The molecule has 100 valence electrons. The highest BCUT2D eigenvalue weighted by Crippen LogP contribution is 2.40. The van der Waals surface area contributed by atoms with E-state index in [1.165, 1.54) is 43.2 Å². The molecule has 1 aliphatic rings. The lowest BCUT2D eigenvalue weighted by atomic mass is 9.71. The van der Waals surface area contributed by atoms with E-state index in [2.05, 4.69) is 38.1 Å².